The first-order chi connectivity index (χ1) is 15.4. The minimum absolute atomic E-state index is 0.295. The zero-order valence-corrected chi connectivity index (χ0v) is 20.3. The molecule has 172 valence electrons. The van der Waals surface area contributed by atoms with Gasteiger partial charge in [-0.2, -0.15) is 9.61 Å². The predicted octanol–water partition coefficient (Wildman–Crippen LogP) is 4.90. The molecule has 1 saturated heterocycles. The van der Waals surface area contributed by atoms with Gasteiger partial charge in [0.15, 0.2) is 5.65 Å². The number of ether oxygens (including phenoxy) is 2. The summed E-state index contributed by atoms with van der Waals surface area (Å²) in [6, 6.07) is 6.30. The van der Waals surface area contributed by atoms with Crippen molar-refractivity contribution in [2.45, 2.75) is 45.7 Å². The number of halogens is 2. The van der Waals surface area contributed by atoms with Crippen molar-refractivity contribution in [3.05, 3.63) is 39.6 Å². The SMILES string of the molecule is COc1cc(Cl)c(-c2c(C)nn3c(NCC(C)NC4CCOCC4)cc(C)nc23)c(Cl)c1. The largest absolute Gasteiger partial charge is 0.497 e. The monoisotopic (exact) mass is 477 g/mol. The molecular formula is C23H29Cl2N5O2. The number of hydrogen-bond acceptors (Lipinski definition) is 6. The summed E-state index contributed by atoms with van der Waals surface area (Å²) < 4.78 is 12.6. The molecule has 1 unspecified atom stereocenters. The molecule has 9 heteroatoms. The Morgan fingerprint density at radius 2 is 1.84 bits per heavy atom. The quantitative estimate of drug-likeness (QED) is 0.504. The minimum atomic E-state index is 0.295. The zero-order chi connectivity index (χ0) is 22.8. The van der Waals surface area contributed by atoms with Crippen molar-refractivity contribution >= 4 is 34.7 Å². The molecule has 1 fully saturated rings. The van der Waals surface area contributed by atoms with Gasteiger partial charge in [-0.15, -0.1) is 0 Å². The topological polar surface area (TPSA) is 72.7 Å². The summed E-state index contributed by atoms with van der Waals surface area (Å²) in [5.41, 5.74) is 3.92. The zero-order valence-electron chi connectivity index (χ0n) is 18.8. The smallest absolute Gasteiger partial charge is 0.165 e. The van der Waals surface area contributed by atoms with Crippen molar-refractivity contribution in [2.24, 2.45) is 0 Å². The standard InChI is InChI=1S/C23H29Cl2N5O2/c1-13-9-20(26-12-14(2)27-16-5-7-32-8-6-16)30-23(28-13)21(15(3)29-30)22-18(24)10-17(31-4)11-19(22)25/h9-11,14,16,26-27H,5-8,12H2,1-4H3. The third kappa shape index (κ3) is 4.81. The van der Waals surface area contributed by atoms with Gasteiger partial charge in [0.05, 0.1) is 28.4 Å². The van der Waals surface area contributed by atoms with Crippen LogP contribution in [0.4, 0.5) is 5.82 Å². The van der Waals surface area contributed by atoms with Crippen molar-refractivity contribution in [1.82, 2.24) is 19.9 Å². The number of aryl methyl sites for hydroxylation is 2. The highest BCUT2D eigenvalue weighted by atomic mass is 35.5. The highest BCUT2D eigenvalue weighted by Gasteiger charge is 2.22. The van der Waals surface area contributed by atoms with Crippen LogP contribution in [0.15, 0.2) is 18.2 Å². The second-order valence-corrected chi connectivity index (χ2v) is 9.09. The fourth-order valence-electron chi connectivity index (χ4n) is 4.15. The van der Waals surface area contributed by atoms with Crippen LogP contribution in [0.3, 0.4) is 0 Å². The summed E-state index contributed by atoms with van der Waals surface area (Å²) >= 11 is 13.2. The highest BCUT2D eigenvalue weighted by molar-refractivity contribution is 6.39. The number of hydrogen-bond donors (Lipinski definition) is 2. The van der Waals surface area contributed by atoms with Crippen LogP contribution in [-0.4, -0.2) is 53.6 Å². The second-order valence-electron chi connectivity index (χ2n) is 8.28. The van der Waals surface area contributed by atoms with Crippen molar-refractivity contribution in [1.29, 1.82) is 0 Å². The number of methoxy groups -OCH3 is 1. The maximum Gasteiger partial charge on any atom is 0.165 e. The molecule has 2 aromatic heterocycles. The van der Waals surface area contributed by atoms with E-state index < -0.39 is 0 Å². The maximum atomic E-state index is 6.59. The van der Waals surface area contributed by atoms with E-state index >= 15 is 0 Å². The van der Waals surface area contributed by atoms with Gasteiger partial charge in [0.1, 0.15) is 11.6 Å². The Bertz CT molecular complexity index is 1090. The molecule has 32 heavy (non-hydrogen) atoms. The molecule has 3 aromatic rings. The number of nitrogens with zero attached hydrogens (tertiary/aromatic N) is 3. The van der Waals surface area contributed by atoms with Gasteiger partial charge < -0.3 is 20.1 Å². The van der Waals surface area contributed by atoms with Gasteiger partial charge in [0, 0.05) is 49.2 Å². The molecule has 0 radical (unpaired) electrons. The summed E-state index contributed by atoms with van der Waals surface area (Å²) in [6.07, 6.45) is 2.10. The number of rotatable bonds is 7. The van der Waals surface area contributed by atoms with Crippen molar-refractivity contribution in [3.63, 3.8) is 0 Å². The van der Waals surface area contributed by atoms with Crippen LogP contribution in [0.25, 0.3) is 16.8 Å². The van der Waals surface area contributed by atoms with Crippen LogP contribution in [-0.2, 0) is 4.74 Å². The highest BCUT2D eigenvalue weighted by Crippen LogP contribution is 2.41. The summed E-state index contributed by atoms with van der Waals surface area (Å²) in [4.78, 5) is 4.76. The summed E-state index contributed by atoms with van der Waals surface area (Å²) in [7, 11) is 1.59. The number of benzene rings is 1. The Morgan fingerprint density at radius 1 is 1.16 bits per heavy atom. The molecule has 4 rings (SSSR count). The van der Waals surface area contributed by atoms with E-state index in [1.807, 2.05) is 24.4 Å². The summed E-state index contributed by atoms with van der Waals surface area (Å²) in [6.45, 7) is 8.51. The van der Waals surface area contributed by atoms with Crippen LogP contribution in [0, 0.1) is 13.8 Å². The molecule has 0 bridgehead atoms. The van der Waals surface area contributed by atoms with E-state index in [2.05, 4.69) is 17.6 Å². The summed E-state index contributed by atoms with van der Waals surface area (Å²) in [5.74, 6) is 1.48. The van der Waals surface area contributed by atoms with Gasteiger partial charge >= 0.3 is 0 Å². The van der Waals surface area contributed by atoms with Crippen LogP contribution in [0.5, 0.6) is 5.75 Å². The fraction of sp³-hybridized carbons (Fsp3) is 0.478. The van der Waals surface area contributed by atoms with Gasteiger partial charge in [0.25, 0.3) is 0 Å². The molecule has 1 aromatic carbocycles. The van der Waals surface area contributed by atoms with Gasteiger partial charge in [-0.25, -0.2) is 4.98 Å². The number of nitrogens with one attached hydrogen (secondary N) is 2. The number of fused-ring (bicyclic) bond motifs is 1. The van der Waals surface area contributed by atoms with Crippen molar-refractivity contribution < 1.29 is 9.47 Å². The van der Waals surface area contributed by atoms with E-state index in [0.717, 1.165) is 55.4 Å². The molecule has 0 saturated carbocycles. The van der Waals surface area contributed by atoms with Crippen molar-refractivity contribution in [2.75, 3.05) is 32.2 Å². The molecule has 2 N–H and O–H groups in total. The van der Waals surface area contributed by atoms with E-state index in [0.29, 0.717) is 39.1 Å². The van der Waals surface area contributed by atoms with Gasteiger partial charge in [-0.3, -0.25) is 0 Å². The molecule has 1 aliphatic rings. The Hall–Kier alpha value is -2.06. The van der Waals surface area contributed by atoms with Crippen LogP contribution in [0.1, 0.15) is 31.2 Å². The molecule has 0 amide bonds. The van der Waals surface area contributed by atoms with Crippen LogP contribution >= 0.6 is 23.2 Å². The third-order valence-corrected chi connectivity index (χ3v) is 6.32. The normalized spacial score (nSPS) is 15.8. The number of aromatic nitrogens is 3. The molecule has 7 nitrogen and oxygen atoms in total. The average Bonchev–Trinajstić information content (AvgIpc) is 3.08. The first-order valence-corrected chi connectivity index (χ1v) is 11.6. The van der Waals surface area contributed by atoms with E-state index in [1.165, 1.54) is 0 Å². The second kappa shape index (κ2) is 9.83. The van der Waals surface area contributed by atoms with E-state index in [1.54, 1.807) is 19.2 Å². The Kier molecular flexibility index (Phi) is 7.10. The van der Waals surface area contributed by atoms with E-state index in [-0.39, 0.29) is 0 Å². The van der Waals surface area contributed by atoms with E-state index in [9.17, 15) is 0 Å². The van der Waals surface area contributed by atoms with Gasteiger partial charge in [-0.1, -0.05) is 23.2 Å². The minimum Gasteiger partial charge on any atom is -0.497 e. The lowest BCUT2D eigenvalue weighted by atomic mass is 10.1. The first kappa shape index (κ1) is 23.1. The van der Waals surface area contributed by atoms with Crippen LogP contribution < -0.4 is 15.4 Å². The Balaban J connectivity index is 1.64. The lowest BCUT2D eigenvalue weighted by Crippen LogP contribution is -2.43. The average molecular weight is 478 g/mol. The Morgan fingerprint density at radius 3 is 2.50 bits per heavy atom. The molecule has 3 heterocycles. The third-order valence-electron chi connectivity index (χ3n) is 5.72. The van der Waals surface area contributed by atoms with Gasteiger partial charge in [0.2, 0.25) is 0 Å². The maximum absolute atomic E-state index is 6.59. The first-order valence-electron chi connectivity index (χ1n) is 10.9. The molecule has 0 aliphatic carbocycles. The van der Waals surface area contributed by atoms with Gasteiger partial charge in [-0.05, 0) is 45.7 Å². The Labute approximate surface area is 198 Å². The molecular weight excluding hydrogens is 449 g/mol. The fourth-order valence-corrected chi connectivity index (χ4v) is 4.81. The molecule has 1 aliphatic heterocycles. The summed E-state index contributed by atoms with van der Waals surface area (Å²) in [5, 5.41) is 13.0. The predicted molar refractivity (Wildman–Crippen MR) is 129 cm³/mol. The molecule has 0 spiro atoms. The lowest BCUT2D eigenvalue weighted by Gasteiger charge is -2.27. The van der Waals surface area contributed by atoms with Crippen LogP contribution in [0.2, 0.25) is 10.0 Å². The number of anilines is 1. The lowest BCUT2D eigenvalue weighted by molar-refractivity contribution is 0.0758. The van der Waals surface area contributed by atoms with E-state index in [4.69, 9.17) is 42.8 Å². The van der Waals surface area contributed by atoms with Crippen molar-refractivity contribution in [3.8, 4) is 16.9 Å². The molecule has 1 atom stereocenters.